The normalized spacial score (nSPS) is 22.3. The van der Waals surface area contributed by atoms with Crippen LogP contribution in [0.25, 0.3) is 0 Å². The van der Waals surface area contributed by atoms with Crippen LogP contribution in [0.1, 0.15) is 51.0 Å². The van der Waals surface area contributed by atoms with E-state index < -0.39 is 0 Å². The first-order valence-corrected chi connectivity index (χ1v) is 6.62. The zero-order valence-electron chi connectivity index (χ0n) is 9.36. The van der Waals surface area contributed by atoms with Crippen molar-refractivity contribution in [3.8, 4) is 5.75 Å². The summed E-state index contributed by atoms with van der Waals surface area (Å²) in [6.45, 7) is 0. The van der Waals surface area contributed by atoms with E-state index in [9.17, 15) is 0 Å². The molecule has 0 atom stereocenters. The van der Waals surface area contributed by atoms with Crippen molar-refractivity contribution in [2.75, 3.05) is 0 Å². The highest BCUT2D eigenvalue weighted by molar-refractivity contribution is 6.31. The standard InChI is InChI=1S/C12H17ClN2O/c13-12-11(16-10-6-1-2-7-10)8-14-15(12)9-4-3-5-9/h8-10H,1-7H2. The summed E-state index contributed by atoms with van der Waals surface area (Å²) in [6.07, 6.45) is 10.7. The first-order valence-electron chi connectivity index (χ1n) is 6.24. The molecule has 0 N–H and O–H groups in total. The molecule has 0 aliphatic heterocycles. The molecule has 1 aromatic heterocycles. The van der Waals surface area contributed by atoms with Gasteiger partial charge in [0.2, 0.25) is 0 Å². The second-order valence-electron chi connectivity index (χ2n) is 4.85. The Labute approximate surface area is 101 Å². The summed E-state index contributed by atoms with van der Waals surface area (Å²) in [5, 5.41) is 5.03. The summed E-state index contributed by atoms with van der Waals surface area (Å²) < 4.78 is 7.82. The molecule has 2 fully saturated rings. The summed E-state index contributed by atoms with van der Waals surface area (Å²) in [4.78, 5) is 0. The lowest BCUT2D eigenvalue weighted by Gasteiger charge is -2.26. The Morgan fingerprint density at radius 3 is 2.56 bits per heavy atom. The summed E-state index contributed by atoms with van der Waals surface area (Å²) in [6, 6.07) is 0.508. The van der Waals surface area contributed by atoms with Gasteiger partial charge in [-0.25, -0.2) is 4.68 Å². The zero-order chi connectivity index (χ0) is 11.0. The van der Waals surface area contributed by atoms with Crippen LogP contribution in [0.3, 0.4) is 0 Å². The van der Waals surface area contributed by atoms with E-state index in [1.807, 2.05) is 4.68 Å². The molecule has 0 spiro atoms. The van der Waals surface area contributed by atoms with Gasteiger partial charge in [-0.15, -0.1) is 0 Å². The van der Waals surface area contributed by atoms with Crippen LogP contribution in [0.15, 0.2) is 6.20 Å². The summed E-state index contributed by atoms with van der Waals surface area (Å²) in [5.41, 5.74) is 0. The smallest absolute Gasteiger partial charge is 0.176 e. The van der Waals surface area contributed by atoms with Crippen LogP contribution < -0.4 is 4.74 Å². The Morgan fingerprint density at radius 2 is 1.94 bits per heavy atom. The van der Waals surface area contributed by atoms with Crippen molar-refractivity contribution in [2.24, 2.45) is 0 Å². The quantitative estimate of drug-likeness (QED) is 0.808. The highest BCUT2D eigenvalue weighted by Gasteiger charge is 2.25. The number of hydrogen-bond acceptors (Lipinski definition) is 2. The largest absolute Gasteiger partial charge is 0.486 e. The molecule has 88 valence electrons. The minimum Gasteiger partial charge on any atom is -0.486 e. The number of rotatable bonds is 3. The van der Waals surface area contributed by atoms with Gasteiger partial charge in [0.1, 0.15) is 0 Å². The van der Waals surface area contributed by atoms with Crippen LogP contribution in [0, 0.1) is 0 Å². The molecule has 2 aliphatic rings. The van der Waals surface area contributed by atoms with E-state index in [1.165, 1.54) is 32.1 Å². The number of nitrogens with zero attached hydrogens (tertiary/aromatic N) is 2. The fraction of sp³-hybridized carbons (Fsp3) is 0.750. The number of aromatic nitrogens is 2. The first-order chi connectivity index (χ1) is 7.84. The maximum Gasteiger partial charge on any atom is 0.176 e. The molecule has 0 amide bonds. The van der Waals surface area contributed by atoms with E-state index in [4.69, 9.17) is 16.3 Å². The highest BCUT2D eigenvalue weighted by atomic mass is 35.5. The average Bonchev–Trinajstić information content (AvgIpc) is 2.80. The Morgan fingerprint density at radius 1 is 1.19 bits per heavy atom. The third kappa shape index (κ3) is 1.81. The number of ether oxygens (including phenoxy) is 1. The fourth-order valence-electron chi connectivity index (χ4n) is 2.48. The molecule has 16 heavy (non-hydrogen) atoms. The van der Waals surface area contributed by atoms with E-state index in [0.29, 0.717) is 17.3 Å². The number of halogens is 1. The summed E-state index contributed by atoms with van der Waals surface area (Å²) in [7, 11) is 0. The van der Waals surface area contributed by atoms with Gasteiger partial charge in [-0.1, -0.05) is 11.6 Å². The second-order valence-corrected chi connectivity index (χ2v) is 5.21. The molecule has 0 aromatic carbocycles. The van der Waals surface area contributed by atoms with E-state index in [1.54, 1.807) is 6.20 Å². The van der Waals surface area contributed by atoms with Crippen molar-refractivity contribution in [3.05, 3.63) is 11.3 Å². The van der Waals surface area contributed by atoms with E-state index in [0.717, 1.165) is 18.6 Å². The van der Waals surface area contributed by atoms with Gasteiger partial charge in [-0.05, 0) is 44.9 Å². The van der Waals surface area contributed by atoms with Crippen molar-refractivity contribution < 1.29 is 4.74 Å². The Hall–Kier alpha value is -0.700. The Balaban J connectivity index is 1.71. The molecular formula is C12H17ClN2O. The van der Waals surface area contributed by atoms with E-state index in [2.05, 4.69) is 5.10 Å². The van der Waals surface area contributed by atoms with Gasteiger partial charge in [0.05, 0.1) is 18.3 Å². The predicted octanol–water partition coefficient (Wildman–Crippen LogP) is 3.58. The second kappa shape index (κ2) is 4.28. The summed E-state index contributed by atoms with van der Waals surface area (Å²) >= 11 is 6.29. The van der Waals surface area contributed by atoms with Gasteiger partial charge < -0.3 is 4.74 Å². The molecule has 1 heterocycles. The number of hydrogen-bond donors (Lipinski definition) is 0. The van der Waals surface area contributed by atoms with Crippen LogP contribution in [0.4, 0.5) is 0 Å². The van der Waals surface area contributed by atoms with Crippen molar-refractivity contribution in [3.63, 3.8) is 0 Å². The van der Waals surface area contributed by atoms with Crippen molar-refractivity contribution in [1.29, 1.82) is 0 Å². The van der Waals surface area contributed by atoms with Gasteiger partial charge in [0, 0.05) is 0 Å². The van der Waals surface area contributed by atoms with Gasteiger partial charge >= 0.3 is 0 Å². The molecule has 0 bridgehead atoms. The predicted molar refractivity (Wildman–Crippen MR) is 63.0 cm³/mol. The maximum atomic E-state index is 6.29. The maximum absolute atomic E-state index is 6.29. The molecule has 1 aromatic rings. The lowest BCUT2D eigenvalue weighted by atomic mass is 9.93. The molecular weight excluding hydrogens is 224 g/mol. The van der Waals surface area contributed by atoms with Gasteiger partial charge in [-0.2, -0.15) is 5.10 Å². The van der Waals surface area contributed by atoms with Gasteiger partial charge in [0.15, 0.2) is 10.9 Å². The monoisotopic (exact) mass is 240 g/mol. The van der Waals surface area contributed by atoms with E-state index in [-0.39, 0.29) is 0 Å². The van der Waals surface area contributed by atoms with Crippen LogP contribution >= 0.6 is 11.6 Å². The topological polar surface area (TPSA) is 27.1 Å². The fourth-order valence-corrected chi connectivity index (χ4v) is 2.76. The SMILES string of the molecule is Clc1c(OC2CCCC2)cnn1C1CCC1. The van der Waals surface area contributed by atoms with Crippen LogP contribution in [0.5, 0.6) is 5.75 Å². The average molecular weight is 241 g/mol. The zero-order valence-corrected chi connectivity index (χ0v) is 10.1. The van der Waals surface area contributed by atoms with Crippen LogP contribution in [-0.2, 0) is 0 Å². The van der Waals surface area contributed by atoms with Gasteiger partial charge in [0.25, 0.3) is 0 Å². The molecule has 3 nitrogen and oxygen atoms in total. The molecule has 0 radical (unpaired) electrons. The van der Waals surface area contributed by atoms with Gasteiger partial charge in [-0.3, -0.25) is 0 Å². The van der Waals surface area contributed by atoms with Crippen molar-refractivity contribution in [2.45, 2.75) is 57.1 Å². The minimum absolute atomic E-state index is 0.358. The minimum atomic E-state index is 0.358. The van der Waals surface area contributed by atoms with Crippen LogP contribution in [-0.4, -0.2) is 15.9 Å². The molecule has 2 saturated carbocycles. The third-order valence-electron chi connectivity index (χ3n) is 3.72. The van der Waals surface area contributed by atoms with Crippen molar-refractivity contribution in [1.82, 2.24) is 9.78 Å². The molecule has 0 saturated heterocycles. The highest BCUT2D eigenvalue weighted by Crippen LogP contribution is 2.37. The Bertz CT molecular complexity index is 367. The molecule has 3 rings (SSSR count). The first kappa shape index (κ1) is 10.5. The Kier molecular flexibility index (Phi) is 2.80. The molecule has 0 unspecified atom stereocenters. The summed E-state index contributed by atoms with van der Waals surface area (Å²) in [5.74, 6) is 0.778. The van der Waals surface area contributed by atoms with Crippen LogP contribution in [0.2, 0.25) is 5.15 Å². The lowest BCUT2D eigenvalue weighted by molar-refractivity contribution is 0.209. The van der Waals surface area contributed by atoms with E-state index >= 15 is 0 Å². The lowest BCUT2D eigenvalue weighted by Crippen LogP contribution is -2.18. The molecule has 4 heteroatoms. The van der Waals surface area contributed by atoms with Crippen molar-refractivity contribution >= 4 is 11.6 Å². The third-order valence-corrected chi connectivity index (χ3v) is 4.08. The molecule has 2 aliphatic carbocycles.